The Morgan fingerprint density at radius 3 is 2.00 bits per heavy atom. The first-order valence-electron chi connectivity index (χ1n) is 8.88. The number of hydrogen-bond acceptors (Lipinski definition) is 3. The van der Waals surface area contributed by atoms with Gasteiger partial charge in [-0.05, 0) is 51.0 Å². The molecule has 3 unspecified atom stereocenters. The molecule has 4 heteroatoms. The van der Waals surface area contributed by atoms with Gasteiger partial charge < -0.3 is 5.32 Å². The summed E-state index contributed by atoms with van der Waals surface area (Å²) >= 11 is 0. The molecule has 0 radical (unpaired) electrons. The first-order chi connectivity index (χ1) is 10.0. The highest BCUT2D eigenvalue weighted by molar-refractivity contribution is 7.91. The molecule has 0 aromatic carbocycles. The first-order valence-corrected chi connectivity index (χ1v) is 10.8. The van der Waals surface area contributed by atoms with E-state index in [9.17, 15) is 8.42 Å². The van der Waals surface area contributed by atoms with Gasteiger partial charge in [-0.3, -0.25) is 0 Å². The fraction of sp³-hybridized carbons (Fsp3) is 1.00. The van der Waals surface area contributed by atoms with Gasteiger partial charge in [0.1, 0.15) is 9.84 Å². The third-order valence-electron chi connectivity index (χ3n) is 5.77. The molecule has 124 valence electrons. The zero-order valence-electron chi connectivity index (χ0n) is 13.8. The number of hydrogen-bond donors (Lipinski definition) is 1. The minimum Gasteiger partial charge on any atom is -0.316 e. The molecule has 1 N–H and O–H groups in total. The molecule has 3 atom stereocenters. The van der Waals surface area contributed by atoms with Crippen molar-refractivity contribution in [1.29, 1.82) is 0 Å². The topological polar surface area (TPSA) is 46.2 Å². The van der Waals surface area contributed by atoms with Crippen LogP contribution in [0, 0.1) is 11.8 Å². The predicted molar refractivity (Wildman–Crippen MR) is 89.2 cm³/mol. The van der Waals surface area contributed by atoms with Crippen molar-refractivity contribution in [3.63, 3.8) is 0 Å². The SMILES string of the molecule is CNC(C1CCCCCCC1)C1CCCC(S(C)(=O)=O)C1. The minimum atomic E-state index is -2.87. The van der Waals surface area contributed by atoms with Gasteiger partial charge in [0.2, 0.25) is 0 Å². The van der Waals surface area contributed by atoms with E-state index in [1.807, 2.05) is 0 Å². The smallest absolute Gasteiger partial charge is 0.150 e. The van der Waals surface area contributed by atoms with E-state index in [-0.39, 0.29) is 5.25 Å². The third-order valence-corrected chi connectivity index (χ3v) is 7.41. The van der Waals surface area contributed by atoms with Crippen LogP contribution in [0.25, 0.3) is 0 Å². The lowest BCUT2D eigenvalue weighted by Gasteiger charge is -2.38. The standard InChI is InChI=1S/C17H33NO2S/c1-18-17(14-9-6-4-3-5-7-10-14)15-11-8-12-16(13-15)21(2,19)20/h14-18H,3-13H2,1-2H3. The monoisotopic (exact) mass is 315 g/mol. The van der Waals surface area contributed by atoms with Crippen LogP contribution in [0.1, 0.15) is 70.6 Å². The Bertz CT molecular complexity index is 399. The average Bonchev–Trinajstić information content (AvgIpc) is 2.41. The second kappa shape index (κ2) is 7.96. The van der Waals surface area contributed by atoms with E-state index in [1.54, 1.807) is 0 Å². The van der Waals surface area contributed by atoms with E-state index in [0.29, 0.717) is 12.0 Å². The Labute approximate surface area is 131 Å². The molecule has 2 saturated carbocycles. The quantitative estimate of drug-likeness (QED) is 0.863. The van der Waals surface area contributed by atoms with Gasteiger partial charge >= 0.3 is 0 Å². The van der Waals surface area contributed by atoms with Crippen LogP contribution in [-0.2, 0) is 9.84 Å². The maximum Gasteiger partial charge on any atom is 0.150 e. The molecule has 0 bridgehead atoms. The molecule has 0 aliphatic heterocycles. The van der Waals surface area contributed by atoms with Gasteiger partial charge in [0.15, 0.2) is 0 Å². The van der Waals surface area contributed by atoms with Gasteiger partial charge in [-0.15, -0.1) is 0 Å². The summed E-state index contributed by atoms with van der Waals surface area (Å²) in [5.74, 6) is 1.30. The predicted octanol–water partition coefficient (Wildman–Crippen LogP) is 3.54. The molecule has 2 rings (SSSR count). The normalized spacial score (nSPS) is 31.3. The molecule has 2 aliphatic carbocycles. The molecule has 0 aromatic heterocycles. The van der Waals surface area contributed by atoms with Crippen LogP contribution < -0.4 is 5.32 Å². The molecule has 21 heavy (non-hydrogen) atoms. The van der Waals surface area contributed by atoms with Crippen molar-refractivity contribution in [3.05, 3.63) is 0 Å². The van der Waals surface area contributed by atoms with Gasteiger partial charge in [-0.25, -0.2) is 8.42 Å². The summed E-state index contributed by atoms with van der Waals surface area (Å²) < 4.78 is 23.8. The summed E-state index contributed by atoms with van der Waals surface area (Å²) in [6, 6.07) is 0.521. The van der Waals surface area contributed by atoms with E-state index >= 15 is 0 Å². The minimum absolute atomic E-state index is 0.0966. The number of nitrogens with one attached hydrogen (secondary N) is 1. The van der Waals surface area contributed by atoms with Crippen molar-refractivity contribution in [1.82, 2.24) is 5.32 Å². The number of rotatable bonds is 4. The van der Waals surface area contributed by atoms with E-state index in [0.717, 1.165) is 25.2 Å². The summed E-state index contributed by atoms with van der Waals surface area (Å²) in [6.45, 7) is 0. The van der Waals surface area contributed by atoms with Gasteiger partial charge in [0.25, 0.3) is 0 Å². The molecule has 0 aromatic rings. The number of sulfone groups is 1. The summed E-state index contributed by atoms with van der Waals surface area (Å²) in [7, 11) is -0.795. The largest absolute Gasteiger partial charge is 0.316 e. The Balaban J connectivity index is 2.01. The van der Waals surface area contributed by atoms with Gasteiger partial charge in [-0.2, -0.15) is 0 Å². The zero-order chi connectivity index (χ0) is 15.3. The van der Waals surface area contributed by atoms with Crippen LogP contribution in [0.4, 0.5) is 0 Å². The molecular weight excluding hydrogens is 282 g/mol. The molecule has 2 aliphatic rings. The Morgan fingerprint density at radius 2 is 1.43 bits per heavy atom. The summed E-state index contributed by atoms with van der Waals surface area (Å²) in [5.41, 5.74) is 0. The van der Waals surface area contributed by atoms with Crippen LogP contribution in [-0.4, -0.2) is 33.0 Å². The van der Waals surface area contributed by atoms with E-state index in [4.69, 9.17) is 0 Å². The molecule has 2 fully saturated rings. The van der Waals surface area contributed by atoms with Crippen molar-refractivity contribution >= 4 is 9.84 Å². The van der Waals surface area contributed by atoms with E-state index in [2.05, 4.69) is 12.4 Å². The Kier molecular flexibility index (Phi) is 6.54. The van der Waals surface area contributed by atoms with Crippen LogP contribution in [0.15, 0.2) is 0 Å². The molecule has 0 amide bonds. The highest BCUT2D eigenvalue weighted by atomic mass is 32.2. The van der Waals surface area contributed by atoms with E-state index in [1.165, 1.54) is 57.6 Å². The Morgan fingerprint density at radius 1 is 0.857 bits per heavy atom. The van der Waals surface area contributed by atoms with Gasteiger partial charge in [0.05, 0.1) is 5.25 Å². The van der Waals surface area contributed by atoms with Gasteiger partial charge in [0, 0.05) is 12.3 Å². The highest BCUT2D eigenvalue weighted by Crippen LogP contribution is 2.36. The maximum absolute atomic E-state index is 11.9. The van der Waals surface area contributed by atoms with Crippen molar-refractivity contribution in [2.45, 2.75) is 81.9 Å². The summed E-state index contributed by atoms with van der Waals surface area (Å²) in [4.78, 5) is 0. The fourth-order valence-electron chi connectivity index (χ4n) is 4.60. The first kappa shape index (κ1) is 17.3. The summed E-state index contributed by atoms with van der Waals surface area (Å²) in [6.07, 6.45) is 15.0. The van der Waals surface area contributed by atoms with Crippen molar-refractivity contribution in [2.24, 2.45) is 11.8 Å². The van der Waals surface area contributed by atoms with Crippen molar-refractivity contribution < 1.29 is 8.42 Å². The lowest BCUT2D eigenvalue weighted by Crippen LogP contribution is -2.44. The maximum atomic E-state index is 11.9. The molecule has 3 nitrogen and oxygen atoms in total. The van der Waals surface area contributed by atoms with Crippen molar-refractivity contribution in [2.75, 3.05) is 13.3 Å². The molecule has 0 saturated heterocycles. The van der Waals surface area contributed by atoms with Crippen LogP contribution >= 0.6 is 0 Å². The lowest BCUT2D eigenvalue weighted by molar-refractivity contribution is 0.189. The Hall–Kier alpha value is -0.0900. The second-order valence-corrected chi connectivity index (χ2v) is 9.62. The second-order valence-electron chi connectivity index (χ2n) is 7.30. The zero-order valence-corrected chi connectivity index (χ0v) is 14.6. The van der Waals surface area contributed by atoms with Gasteiger partial charge in [-0.1, -0.05) is 38.5 Å². The molecule has 0 heterocycles. The van der Waals surface area contributed by atoms with Crippen LogP contribution in [0.2, 0.25) is 0 Å². The average molecular weight is 316 g/mol. The lowest BCUT2D eigenvalue weighted by atomic mass is 9.74. The van der Waals surface area contributed by atoms with E-state index < -0.39 is 9.84 Å². The highest BCUT2D eigenvalue weighted by Gasteiger charge is 2.35. The molecule has 0 spiro atoms. The van der Waals surface area contributed by atoms with Crippen LogP contribution in [0.5, 0.6) is 0 Å². The fourth-order valence-corrected chi connectivity index (χ4v) is 5.79. The summed E-state index contributed by atoms with van der Waals surface area (Å²) in [5, 5.41) is 3.47. The van der Waals surface area contributed by atoms with Crippen molar-refractivity contribution in [3.8, 4) is 0 Å². The van der Waals surface area contributed by atoms with Crippen LogP contribution in [0.3, 0.4) is 0 Å². The third kappa shape index (κ3) is 4.95. The molecular formula is C17H33NO2S.